The highest BCUT2D eigenvalue weighted by Crippen LogP contribution is 2.34. The minimum atomic E-state index is -0.297. The molecule has 0 radical (unpaired) electrons. The molecule has 0 saturated heterocycles. The molecule has 0 heterocycles. The molecule has 0 amide bonds. The average molecular weight is 278 g/mol. The molecule has 0 unspecified atom stereocenters. The van der Waals surface area contributed by atoms with Gasteiger partial charge in [-0.3, -0.25) is 4.79 Å². The largest absolute Gasteiger partial charge is 0.340 e. The van der Waals surface area contributed by atoms with E-state index in [1.54, 1.807) is 30.3 Å². The number of halogens is 2. The number of carbonyl (C=O) groups is 1. The number of para-hydroxylation sites is 1. The summed E-state index contributed by atoms with van der Waals surface area (Å²) in [4.78, 5) is 13.0. The van der Waals surface area contributed by atoms with Crippen LogP contribution in [0.2, 0.25) is 5.02 Å². The fourth-order valence-corrected chi connectivity index (χ4v) is 2.29. The van der Waals surface area contributed by atoms with Crippen molar-refractivity contribution in [2.45, 2.75) is 6.92 Å². The zero-order chi connectivity index (χ0) is 13.8. The van der Waals surface area contributed by atoms with Gasteiger partial charge in [0.05, 0.1) is 10.7 Å². The first kappa shape index (κ1) is 13.6. The number of benzene rings is 2. The van der Waals surface area contributed by atoms with Crippen LogP contribution in [0.1, 0.15) is 17.3 Å². The Morgan fingerprint density at radius 1 is 1.21 bits per heavy atom. The highest BCUT2D eigenvalue weighted by Gasteiger charge is 2.15. The van der Waals surface area contributed by atoms with Crippen molar-refractivity contribution in [1.82, 2.24) is 0 Å². The quantitative estimate of drug-likeness (QED) is 0.770. The van der Waals surface area contributed by atoms with Gasteiger partial charge < -0.3 is 4.90 Å². The Bertz CT molecular complexity index is 583. The second-order valence-corrected chi connectivity index (χ2v) is 4.42. The van der Waals surface area contributed by atoms with E-state index in [0.29, 0.717) is 22.8 Å². The van der Waals surface area contributed by atoms with E-state index < -0.39 is 0 Å². The third-order valence-electron chi connectivity index (χ3n) is 2.87. The third-order valence-corrected chi connectivity index (χ3v) is 3.17. The molecule has 98 valence electrons. The zero-order valence-electron chi connectivity index (χ0n) is 10.4. The summed E-state index contributed by atoms with van der Waals surface area (Å²) in [5, 5.41) is 0.496. The molecule has 2 aromatic carbocycles. The van der Waals surface area contributed by atoms with Gasteiger partial charge in [0.2, 0.25) is 0 Å². The standard InChI is InChI=1S/C15H13ClFNO/c1-2-18(13-8-6-12(17)7-9-13)15-11(10-19)4-3-5-14(15)16/h3-10H,2H2,1H3. The van der Waals surface area contributed by atoms with Crippen LogP contribution in [0.3, 0.4) is 0 Å². The summed E-state index contributed by atoms with van der Waals surface area (Å²) in [5.74, 6) is -0.297. The maximum absolute atomic E-state index is 13.0. The summed E-state index contributed by atoms with van der Waals surface area (Å²) in [6.07, 6.45) is 0.771. The van der Waals surface area contributed by atoms with Crippen LogP contribution < -0.4 is 4.90 Å². The van der Waals surface area contributed by atoms with Crippen molar-refractivity contribution in [2.24, 2.45) is 0 Å². The van der Waals surface area contributed by atoms with E-state index in [1.165, 1.54) is 12.1 Å². The van der Waals surface area contributed by atoms with Gasteiger partial charge in [0.25, 0.3) is 0 Å². The number of nitrogens with zero attached hydrogens (tertiary/aromatic N) is 1. The molecule has 4 heteroatoms. The maximum Gasteiger partial charge on any atom is 0.152 e. The van der Waals surface area contributed by atoms with E-state index in [1.807, 2.05) is 11.8 Å². The van der Waals surface area contributed by atoms with Crippen LogP contribution in [0.4, 0.5) is 15.8 Å². The van der Waals surface area contributed by atoms with E-state index in [4.69, 9.17) is 11.6 Å². The molecule has 19 heavy (non-hydrogen) atoms. The lowest BCUT2D eigenvalue weighted by Gasteiger charge is -2.25. The van der Waals surface area contributed by atoms with Crippen molar-refractivity contribution in [3.8, 4) is 0 Å². The van der Waals surface area contributed by atoms with Crippen LogP contribution in [-0.4, -0.2) is 12.8 Å². The fourth-order valence-electron chi connectivity index (χ4n) is 2.00. The normalized spacial score (nSPS) is 10.3. The van der Waals surface area contributed by atoms with Crippen molar-refractivity contribution >= 4 is 29.3 Å². The summed E-state index contributed by atoms with van der Waals surface area (Å²) in [6, 6.07) is 11.3. The lowest BCUT2D eigenvalue weighted by molar-refractivity contribution is 0.112. The molecular formula is C15H13ClFNO. The Hall–Kier alpha value is -1.87. The predicted molar refractivity (Wildman–Crippen MR) is 75.9 cm³/mol. The molecule has 2 nitrogen and oxygen atoms in total. The molecular weight excluding hydrogens is 265 g/mol. The molecule has 2 rings (SSSR count). The summed E-state index contributed by atoms with van der Waals surface area (Å²) in [6.45, 7) is 2.57. The topological polar surface area (TPSA) is 20.3 Å². The van der Waals surface area contributed by atoms with E-state index in [-0.39, 0.29) is 5.82 Å². The summed E-state index contributed by atoms with van der Waals surface area (Å²) < 4.78 is 13.0. The van der Waals surface area contributed by atoms with Gasteiger partial charge in [-0.25, -0.2) is 4.39 Å². The molecule has 0 N–H and O–H groups in total. The Morgan fingerprint density at radius 2 is 1.89 bits per heavy atom. The number of rotatable bonds is 4. The van der Waals surface area contributed by atoms with Gasteiger partial charge in [0.1, 0.15) is 5.82 Å². The van der Waals surface area contributed by atoms with Crippen molar-refractivity contribution < 1.29 is 9.18 Å². The molecule has 2 aromatic rings. The number of aldehydes is 1. The van der Waals surface area contributed by atoms with Crippen LogP contribution in [-0.2, 0) is 0 Å². The van der Waals surface area contributed by atoms with Crippen LogP contribution in [0, 0.1) is 5.82 Å². The summed E-state index contributed by atoms with van der Waals surface area (Å²) in [5.41, 5.74) is 1.95. The van der Waals surface area contributed by atoms with Crippen LogP contribution in [0.15, 0.2) is 42.5 Å². The molecule has 0 spiro atoms. The fraction of sp³-hybridized carbons (Fsp3) is 0.133. The Labute approximate surface area is 116 Å². The van der Waals surface area contributed by atoms with Gasteiger partial charge >= 0.3 is 0 Å². The third kappa shape index (κ3) is 2.76. The number of anilines is 2. The second-order valence-electron chi connectivity index (χ2n) is 4.02. The molecule has 0 aliphatic carbocycles. The lowest BCUT2D eigenvalue weighted by Crippen LogP contribution is -2.18. The molecule has 0 bridgehead atoms. The van der Waals surface area contributed by atoms with Crippen molar-refractivity contribution in [2.75, 3.05) is 11.4 Å². The van der Waals surface area contributed by atoms with E-state index >= 15 is 0 Å². The van der Waals surface area contributed by atoms with Crippen molar-refractivity contribution in [1.29, 1.82) is 0 Å². The van der Waals surface area contributed by atoms with Gasteiger partial charge in [-0.1, -0.05) is 17.7 Å². The molecule has 0 aliphatic heterocycles. The Morgan fingerprint density at radius 3 is 2.47 bits per heavy atom. The maximum atomic E-state index is 13.0. The summed E-state index contributed by atoms with van der Waals surface area (Å²) in [7, 11) is 0. The highest BCUT2D eigenvalue weighted by atomic mass is 35.5. The van der Waals surface area contributed by atoms with Gasteiger partial charge in [0.15, 0.2) is 6.29 Å². The number of hydrogen-bond acceptors (Lipinski definition) is 2. The molecule has 0 fully saturated rings. The van der Waals surface area contributed by atoms with Gasteiger partial charge in [-0.05, 0) is 43.3 Å². The minimum absolute atomic E-state index is 0.297. The monoisotopic (exact) mass is 277 g/mol. The van der Waals surface area contributed by atoms with Crippen LogP contribution >= 0.6 is 11.6 Å². The van der Waals surface area contributed by atoms with Crippen LogP contribution in [0.5, 0.6) is 0 Å². The predicted octanol–water partition coefficient (Wildman–Crippen LogP) is 4.45. The van der Waals surface area contributed by atoms with Gasteiger partial charge in [-0.2, -0.15) is 0 Å². The second kappa shape index (κ2) is 5.85. The summed E-state index contributed by atoms with van der Waals surface area (Å²) >= 11 is 6.19. The van der Waals surface area contributed by atoms with Gasteiger partial charge in [-0.15, -0.1) is 0 Å². The molecule has 0 aromatic heterocycles. The lowest BCUT2D eigenvalue weighted by atomic mass is 10.1. The minimum Gasteiger partial charge on any atom is -0.340 e. The first-order valence-electron chi connectivity index (χ1n) is 5.94. The van der Waals surface area contributed by atoms with E-state index in [9.17, 15) is 9.18 Å². The van der Waals surface area contributed by atoms with E-state index in [2.05, 4.69) is 0 Å². The smallest absolute Gasteiger partial charge is 0.152 e. The van der Waals surface area contributed by atoms with E-state index in [0.717, 1.165) is 12.0 Å². The van der Waals surface area contributed by atoms with Crippen molar-refractivity contribution in [3.63, 3.8) is 0 Å². The Kier molecular flexibility index (Phi) is 4.17. The SMILES string of the molecule is CCN(c1ccc(F)cc1)c1c(Cl)cccc1C=O. The first-order valence-corrected chi connectivity index (χ1v) is 6.32. The van der Waals surface area contributed by atoms with Gasteiger partial charge in [0, 0.05) is 17.8 Å². The number of hydrogen-bond donors (Lipinski definition) is 0. The molecule has 0 saturated carbocycles. The van der Waals surface area contributed by atoms with Crippen molar-refractivity contribution in [3.05, 3.63) is 58.9 Å². The first-order chi connectivity index (χ1) is 9.17. The zero-order valence-corrected chi connectivity index (χ0v) is 11.2. The molecule has 0 atom stereocenters. The molecule has 0 aliphatic rings. The van der Waals surface area contributed by atoms with Crippen LogP contribution in [0.25, 0.3) is 0 Å². The Balaban J connectivity index is 2.53. The average Bonchev–Trinajstić information content (AvgIpc) is 2.43. The highest BCUT2D eigenvalue weighted by molar-refractivity contribution is 6.34. The number of carbonyl (C=O) groups excluding carboxylic acids is 1.